The molecule has 0 bridgehead atoms. The number of hydrogen-bond donors (Lipinski definition) is 0. The van der Waals surface area contributed by atoms with Gasteiger partial charge in [-0.05, 0) is 41.6 Å². The second-order valence-electron chi connectivity index (χ2n) is 5.90. The Morgan fingerprint density at radius 2 is 1.37 bits per heavy atom. The number of pyridine rings is 1. The Morgan fingerprint density at radius 3 is 2.07 bits per heavy atom. The Balaban J connectivity index is 0.00000210. The van der Waals surface area contributed by atoms with Gasteiger partial charge in [0, 0.05) is 37.4 Å². The summed E-state index contributed by atoms with van der Waals surface area (Å²) in [5.41, 5.74) is 6.25. The number of benzene rings is 3. The molecule has 2 heteroatoms. The van der Waals surface area contributed by atoms with Gasteiger partial charge in [0.25, 0.3) is 0 Å². The van der Waals surface area contributed by atoms with Crippen molar-refractivity contribution in [1.29, 1.82) is 0 Å². The van der Waals surface area contributed by atoms with E-state index in [1.165, 1.54) is 0 Å². The minimum Gasteiger partial charge on any atom is -0.305 e. The van der Waals surface area contributed by atoms with E-state index in [1.807, 2.05) is 54.6 Å². The summed E-state index contributed by atoms with van der Waals surface area (Å²) in [6.45, 7) is 0. The minimum atomic E-state index is 0. The summed E-state index contributed by atoms with van der Waals surface area (Å²) in [5, 5.41) is 0. The maximum absolute atomic E-state index is 4.40. The monoisotopic (exact) mass is 523 g/mol. The first-order chi connectivity index (χ1) is 12.9. The zero-order valence-corrected chi connectivity index (χ0v) is 16.9. The fraction of sp³-hybridized carbons (Fsp3) is 0. The van der Waals surface area contributed by atoms with Crippen molar-refractivity contribution in [2.45, 2.75) is 0 Å². The third-order valence-corrected chi connectivity index (χ3v) is 4.09. The van der Waals surface area contributed by atoms with Crippen LogP contribution in [0.4, 0.5) is 0 Å². The molecule has 0 saturated carbocycles. The molecule has 0 aliphatic heterocycles. The van der Waals surface area contributed by atoms with Crippen molar-refractivity contribution in [2.75, 3.05) is 0 Å². The molecule has 0 spiro atoms. The van der Waals surface area contributed by atoms with Crippen molar-refractivity contribution in [3.8, 4) is 34.2 Å². The molecule has 131 valence electrons. The normalized spacial score (nSPS) is 9.63. The number of rotatable bonds is 2. The van der Waals surface area contributed by atoms with E-state index in [-0.39, 0.29) is 20.1 Å². The summed E-state index contributed by atoms with van der Waals surface area (Å²) in [7, 11) is 0. The van der Waals surface area contributed by atoms with Crippen LogP contribution in [0.3, 0.4) is 0 Å². The van der Waals surface area contributed by atoms with E-state index < -0.39 is 0 Å². The molecule has 0 atom stereocenters. The molecule has 27 heavy (non-hydrogen) atoms. The van der Waals surface area contributed by atoms with Crippen molar-refractivity contribution in [1.82, 2.24) is 4.98 Å². The van der Waals surface area contributed by atoms with Gasteiger partial charge in [0.1, 0.15) is 0 Å². The third kappa shape index (κ3) is 4.80. The number of hydrogen-bond acceptors (Lipinski definition) is 1. The van der Waals surface area contributed by atoms with Gasteiger partial charge >= 0.3 is 0 Å². The number of nitrogens with zero attached hydrogens (tertiary/aromatic N) is 1. The average Bonchev–Trinajstić information content (AvgIpc) is 2.74. The molecule has 4 rings (SSSR count). The SMILES string of the molecule is C(#Cc1ccc(-c2cc[c-]c(-c3ccccn3)c2)cc1)c1ccccc1.[Ir]. The molecule has 1 heterocycles. The standard InChI is InChI=1S/C25H16N.Ir/c1-2-7-20(8-3-1)12-13-21-14-16-22(17-15-21)23-9-6-10-24(19-23)25-11-4-5-18-26-25;/h1-9,11,14-19H;/q-1;. The van der Waals surface area contributed by atoms with Crippen molar-refractivity contribution in [2.24, 2.45) is 0 Å². The maximum atomic E-state index is 4.40. The quantitative estimate of drug-likeness (QED) is 0.246. The average molecular weight is 523 g/mol. The topological polar surface area (TPSA) is 12.9 Å². The van der Waals surface area contributed by atoms with Gasteiger partial charge in [0.05, 0.1) is 0 Å². The fourth-order valence-electron chi connectivity index (χ4n) is 2.73. The number of aromatic nitrogens is 1. The molecule has 0 aliphatic carbocycles. The molecular formula is C25H16IrN-. The Morgan fingerprint density at radius 1 is 0.667 bits per heavy atom. The molecule has 0 amide bonds. The molecule has 0 N–H and O–H groups in total. The van der Waals surface area contributed by atoms with Gasteiger partial charge in [0.15, 0.2) is 0 Å². The molecule has 4 aromatic rings. The summed E-state index contributed by atoms with van der Waals surface area (Å²) < 4.78 is 0. The first-order valence-corrected chi connectivity index (χ1v) is 8.49. The summed E-state index contributed by atoms with van der Waals surface area (Å²) in [4.78, 5) is 4.40. The molecular weight excluding hydrogens is 506 g/mol. The van der Waals surface area contributed by atoms with E-state index in [9.17, 15) is 0 Å². The van der Waals surface area contributed by atoms with Crippen LogP contribution in [-0.2, 0) is 20.1 Å². The largest absolute Gasteiger partial charge is 0.305 e. The molecule has 0 fully saturated rings. The van der Waals surface area contributed by atoms with E-state index in [1.54, 1.807) is 6.20 Å². The molecule has 1 nitrogen and oxygen atoms in total. The summed E-state index contributed by atoms with van der Waals surface area (Å²) in [6, 6.07) is 33.6. The Bertz CT molecular complexity index is 1060. The Labute approximate surface area is 173 Å². The Hall–Kier alpha value is -2.98. The molecule has 1 aromatic heterocycles. The van der Waals surface area contributed by atoms with E-state index in [4.69, 9.17) is 0 Å². The molecule has 0 saturated heterocycles. The van der Waals surface area contributed by atoms with Gasteiger partial charge in [0.2, 0.25) is 0 Å². The second-order valence-corrected chi connectivity index (χ2v) is 5.90. The molecule has 0 unspecified atom stereocenters. The van der Waals surface area contributed by atoms with Crippen molar-refractivity contribution in [3.05, 3.63) is 114 Å². The maximum Gasteiger partial charge on any atom is 0.0249 e. The van der Waals surface area contributed by atoms with Gasteiger partial charge in [-0.1, -0.05) is 54.3 Å². The predicted molar refractivity (Wildman–Crippen MR) is 106 cm³/mol. The van der Waals surface area contributed by atoms with Crippen LogP contribution in [0.5, 0.6) is 0 Å². The smallest absolute Gasteiger partial charge is 0.0249 e. The third-order valence-electron chi connectivity index (χ3n) is 4.09. The van der Waals surface area contributed by atoms with Crippen LogP contribution in [0.2, 0.25) is 0 Å². The van der Waals surface area contributed by atoms with Crippen LogP contribution >= 0.6 is 0 Å². The first kappa shape index (κ1) is 18.8. The first-order valence-electron chi connectivity index (χ1n) is 8.49. The van der Waals surface area contributed by atoms with Crippen LogP contribution < -0.4 is 0 Å². The van der Waals surface area contributed by atoms with E-state index in [2.05, 4.69) is 59.3 Å². The van der Waals surface area contributed by atoms with Crippen LogP contribution in [-0.4, -0.2) is 4.98 Å². The second kappa shape index (κ2) is 9.10. The zero-order valence-electron chi connectivity index (χ0n) is 14.5. The fourth-order valence-corrected chi connectivity index (χ4v) is 2.73. The summed E-state index contributed by atoms with van der Waals surface area (Å²) >= 11 is 0. The van der Waals surface area contributed by atoms with Crippen molar-refractivity contribution >= 4 is 0 Å². The van der Waals surface area contributed by atoms with Crippen LogP contribution in [0.15, 0.2) is 97.2 Å². The van der Waals surface area contributed by atoms with Gasteiger partial charge in [-0.15, -0.1) is 35.4 Å². The molecule has 3 aromatic carbocycles. The van der Waals surface area contributed by atoms with E-state index in [0.717, 1.165) is 33.5 Å². The van der Waals surface area contributed by atoms with Crippen LogP contribution in [0.1, 0.15) is 11.1 Å². The van der Waals surface area contributed by atoms with Gasteiger partial charge < -0.3 is 4.98 Å². The summed E-state index contributed by atoms with van der Waals surface area (Å²) in [5.74, 6) is 6.40. The van der Waals surface area contributed by atoms with Crippen molar-refractivity contribution < 1.29 is 20.1 Å². The molecule has 1 radical (unpaired) electrons. The van der Waals surface area contributed by atoms with E-state index in [0.29, 0.717) is 0 Å². The minimum absolute atomic E-state index is 0. The van der Waals surface area contributed by atoms with Gasteiger partial charge in [-0.2, -0.15) is 0 Å². The Kier molecular flexibility index (Phi) is 6.34. The van der Waals surface area contributed by atoms with Crippen LogP contribution in [0, 0.1) is 17.9 Å². The van der Waals surface area contributed by atoms with Gasteiger partial charge in [-0.25, -0.2) is 0 Å². The summed E-state index contributed by atoms with van der Waals surface area (Å²) in [6.07, 6.45) is 1.80. The zero-order chi connectivity index (χ0) is 17.6. The van der Waals surface area contributed by atoms with Crippen LogP contribution in [0.25, 0.3) is 22.4 Å². The van der Waals surface area contributed by atoms with Gasteiger partial charge in [-0.3, -0.25) is 0 Å². The van der Waals surface area contributed by atoms with E-state index >= 15 is 0 Å². The predicted octanol–water partition coefficient (Wildman–Crippen LogP) is 5.61. The van der Waals surface area contributed by atoms with Crippen molar-refractivity contribution in [3.63, 3.8) is 0 Å². The molecule has 0 aliphatic rings.